The van der Waals surface area contributed by atoms with E-state index in [1.165, 1.54) is 11.1 Å². The van der Waals surface area contributed by atoms with Gasteiger partial charge in [0, 0.05) is 13.2 Å². The first-order chi connectivity index (χ1) is 7.93. The van der Waals surface area contributed by atoms with Gasteiger partial charge in [-0.3, -0.25) is 4.68 Å². The van der Waals surface area contributed by atoms with Crippen LogP contribution in [0.4, 0.5) is 0 Å². The summed E-state index contributed by atoms with van der Waals surface area (Å²) < 4.78 is 1.70. The average Bonchev–Trinajstić information content (AvgIpc) is 2.69. The predicted molar refractivity (Wildman–Crippen MR) is 67.8 cm³/mol. The molecule has 0 fully saturated rings. The van der Waals surface area contributed by atoms with Crippen molar-refractivity contribution in [1.29, 1.82) is 0 Å². The molecular weight excluding hydrogens is 212 g/mol. The molecule has 0 saturated heterocycles. The largest absolute Gasteiger partial charge is 0.379 e. The number of aromatic nitrogens is 2. The molecule has 90 valence electrons. The van der Waals surface area contributed by atoms with Gasteiger partial charge in [-0.05, 0) is 43.5 Å². The third-order valence-electron chi connectivity index (χ3n) is 3.39. The normalized spacial score (nSPS) is 14.6. The molecule has 1 atom stereocenters. The molecule has 1 heterocycles. The van der Waals surface area contributed by atoms with Gasteiger partial charge in [-0.15, -0.1) is 0 Å². The lowest BCUT2D eigenvalue weighted by Crippen LogP contribution is -2.26. The van der Waals surface area contributed by atoms with E-state index in [0.717, 1.165) is 11.3 Å². The Morgan fingerprint density at radius 2 is 1.88 bits per heavy atom. The third-order valence-corrected chi connectivity index (χ3v) is 3.39. The Morgan fingerprint density at radius 3 is 2.41 bits per heavy atom. The highest BCUT2D eigenvalue weighted by Gasteiger charge is 2.28. The van der Waals surface area contributed by atoms with Gasteiger partial charge >= 0.3 is 0 Å². The van der Waals surface area contributed by atoms with Crippen LogP contribution in [0.1, 0.15) is 29.3 Å². The summed E-state index contributed by atoms with van der Waals surface area (Å²) in [6.45, 7) is 5.92. The van der Waals surface area contributed by atoms with Gasteiger partial charge in [-0.2, -0.15) is 5.10 Å². The molecule has 0 aliphatic rings. The highest BCUT2D eigenvalue weighted by Crippen LogP contribution is 2.29. The molecule has 0 bridgehead atoms. The van der Waals surface area contributed by atoms with E-state index < -0.39 is 5.60 Å². The summed E-state index contributed by atoms with van der Waals surface area (Å²) in [5, 5.41) is 14.8. The number of hydrogen-bond acceptors (Lipinski definition) is 2. The Labute approximate surface area is 102 Å². The van der Waals surface area contributed by atoms with E-state index in [1.54, 1.807) is 17.8 Å². The average molecular weight is 230 g/mol. The van der Waals surface area contributed by atoms with Crippen molar-refractivity contribution < 1.29 is 5.11 Å². The van der Waals surface area contributed by atoms with Gasteiger partial charge in [0.25, 0.3) is 0 Å². The number of benzene rings is 1. The molecule has 2 rings (SSSR count). The van der Waals surface area contributed by atoms with Crippen LogP contribution in [0.3, 0.4) is 0 Å². The Morgan fingerprint density at radius 1 is 1.18 bits per heavy atom. The smallest absolute Gasteiger partial charge is 0.128 e. The molecule has 0 spiro atoms. The monoisotopic (exact) mass is 230 g/mol. The van der Waals surface area contributed by atoms with Crippen molar-refractivity contribution >= 4 is 0 Å². The molecule has 0 aliphatic carbocycles. The van der Waals surface area contributed by atoms with E-state index in [0.29, 0.717) is 0 Å². The van der Waals surface area contributed by atoms with Crippen molar-refractivity contribution in [3.8, 4) is 0 Å². The lowest BCUT2D eigenvalue weighted by molar-refractivity contribution is 0.0928. The van der Waals surface area contributed by atoms with Crippen LogP contribution in [-0.2, 0) is 12.6 Å². The fourth-order valence-corrected chi connectivity index (χ4v) is 2.04. The van der Waals surface area contributed by atoms with E-state index in [4.69, 9.17) is 0 Å². The topological polar surface area (TPSA) is 38.1 Å². The summed E-state index contributed by atoms with van der Waals surface area (Å²) in [6, 6.07) is 7.88. The second-order valence-electron chi connectivity index (χ2n) is 4.71. The van der Waals surface area contributed by atoms with Crippen LogP contribution >= 0.6 is 0 Å². The second-order valence-corrected chi connectivity index (χ2v) is 4.71. The minimum atomic E-state index is -1.01. The van der Waals surface area contributed by atoms with Crippen molar-refractivity contribution in [2.24, 2.45) is 7.05 Å². The molecule has 2 aromatic rings. The first-order valence-corrected chi connectivity index (χ1v) is 5.71. The van der Waals surface area contributed by atoms with Crippen molar-refractivity contribution in [2.45, 2.75) is 26.4 Å². The standard InChI is InChI=1S/C14H18N2O/c1-10-5-6-12(9-11(10)2)14(3,17)13-7-8-15-16(13)4/h5-9,17H,1-4H3. The summed E-state index contributed by atoms with van der Waals surface area (Å²) in [5.41, 5.74) is 3.09. The molecule has 0 radical (unpaired) electrons. The lowest BCUT2D eigenvalue weighted by Gasteiger charge is -2.24. The maximum absolute atomic E-state index is 10.7. The maximum Gasteiger partial charge on any atom is 0.128 e. The Balaban J connectivity index is 2.51. The molecule has 17 heavy (non-hydrogen) atoms. The minimum absolute atomic E-state index is 0.792. The number of hydrogen-bond donors (Lipinski definition) is 1. The highest BCUT2D eigenvalue weighted by molar-refractivity contribution is 5.37. The van der Waals surface area contributed by atoms with Crippen LogP contribution in [0.25, 0.3) is 0 Å². The first-order valence-electron chi connectivity index (χ1n) is 5.71. The van der Waals surface area contributed by atoms with Gasteiger partial charge in [-0.25, -0.2) is 0 Å². The Bertz CT molecular complexity index is 541. The summed E-state index contributed by atoms with van der Waals surface area (Å²) in [6.07, 6.45) is 1.70. The van der Waals surface area contributed by atoms with E-state index in [9.17, 15) is 5.11 Å². The molecule has 1 unspecified atom stereocenters. The van der Waals surface area contributed by atoms with Crippen LogP contribution in [-0.4, -0.2) is 14.9 Å². The number of rotatable bonds is 2. The quantitative estimate of drug-likeness (QED) is 0.859. The van der Waals surface area contributed by atoms with Gasteiger partial charge in [-0.1, -0.05) is 18.2 Å². The van der Waals surface area contributed by atoms with Gasteiger partial charge in [0.2, 0.25) is 0 Å². The number of aryl methyl sites for hydroxylation is 3. The van der Waals surface area contributed by atoms with Crippen molar-refractivity contribution in [3.63, 3.8) is 0 Å². The van der Waals surface area contributed by atoms with Gasteiger partial charge in [0.15, 0.2) is 0 Å². The first kappa shape index (κ1) is 11.9. The predicted octanol–water partition coefficient (Wildman–Crippen LogP) is 2.29. The van der Waals surface area contributed by atoms with Crippen molar-refractivity contribution in [1.82, 2.24) is 9.78 Å². The Hall–Kier alpha value is -1.61. The van der Waals surface area contributed by atoms with Gasteiger partial charge < -0.3 is 5.11 Å². The maximum atomic E-state index is 10.7. The van der Waals surface area contributed by atoms with E-state index in [1.807, 2.05) is 31.3 Å². The third kappa shape index (κ3) is 1.98. The van der Waals surface area contributed by atoms with Crippen LogP contribution in [0, 0.1) is 13.8 Å². The highest BCUT2D eigenvalue weighted by atomic mass is 16.3. The van der Waals surface area contributed by atoms with Crippen LogP contribution in [0.5, 0.6) is 0 Å². The Kier molecular flexibility index (Phi) is 2.79. The number of nitrogens with zero attached hydrogens (tertiary/aromatic N) is 2. The van der Waals surface area contributed by atoms with Gasteiger partial charge in [0.1, 0.15) is 5.60 Å². The molecule has 0 aliphatic heterocycles. The molecule has 1 aromatic heterocycles. The summed E-state index contributed by atoms with van der Waals surface area (Å²) in [7, 11) is 1.84. The molecule has 3 heteroatoms. The zero-order valence-electron chi connectivity index (χ0n) is 10.7. The van der Waals surface area contributed by atoms with Crippen LogP contribution in [0.15, 0.2) is 30.5 Å². The zero-order chi connectivity index (χ0) is 12.6. The van der Waals surface area contributed by atoms with Crippen LogP contribution < -0.4 is 0 Å². The minimum Gasteiger partial charge on any atom is -0.379 e. The fraction of sp³-hybridized carbons (Fsp3) is 0.357. The SMILES string of the molecule is Cc1ccc(C(C)(O)c2ccnn2C)cc1C. The fourth-order valence-electron chi connectivity index (χ4n) is 2.04. The summed E-state index contributed by atoms with van der Waals surface area (Å²) >= 11 is 0. The summed E-state index contributed by atoms with van der Waals surface area (Å²) in [4.78, 5) is 0. The number of aliphatic hydroxyl groups is 1. The molecule has 0 saturated carbocycles. The van der Waals surface area contributed by atoms with Crippen molar-refractivity contribution in [2.75, 3.05) is 0 Å². The zero-order valence-corrected chi connectivity index (χ0v) is 10.7. The second kappa shape index (κ2) is 4.00. The molecule has 0 amide bonds. The molecule has 1 aromatic carbocycles. The summed E-state index contributed by atoms with van der Waals surface area (Å²) in [5.74, 6) is 0. The lowest BCUT2D eigenvalue weighted by atomic mass is 9.90. The molecular formula is C14H18N2O. The molecule has 3 nitrogen and oxygen atoms in total. The van der Waals surface area contributed by atoms with Gasteiger partial charge in [0.05, 0.1) is 5.69 Å². The van der Waals surface area contributed by atoms with E-state index >= 15 is 0 Å². The molecule has 1 N–H and O–H groups in total. The van der Waals surface area contributed by atoms with Crippen LogP contribution in [0.2, 0.25) is 0 Å². The van der Waals surface area contributed by atoms with Crippen molar-refractivity contribution in [3.05, 3.63) is 52.8 Å². The van der Waals surface area contributed by atoms with E-state index in [-0.39, 0.29) is 0 Å². The van der Waals surface area contributed by atoms with E-state index in [2.05, 4.69) is 18.9 Å².